The molecule has 0 heterocycles. The van der Waals surface area contributed by atoms with E-state index >= 15 is 0 Å². The molecule has 0 aromatic heterocycles. The third-order valence-corrected chi connectivity index (χ3v) is 5.87. The van der Waals surface area contributed by atoms with E-state index in [0.29, 0.717) is 0 Å². The molecule has 134 valence electrons. The summed E-state index contributed by atoms with van der Waals surface area (Å²) in [7, 11) is 0. The van der Waals surface area contributed by atoms with Crippen molar-refractivity contribution in [2.75, 3.05) is 0 Å². The third kappa shape index (κ3) is 2.86. The molecule has 0 radical (unpaired) electrons. The Labute approximate surface area is 162 Å². The van der Waals surface area contributed by atoms with Crippen LogP contribution < -0.4 is 0 Å². The maximum Gasteiger partial charge on any atom is 0.0667 e. The summed E-state index contributed by atoms with van der Waals surface area (Å²) in [4.78, 5) is 0. The number of fused-ring (bicyclic) bond motifs is 1. The molecule has 0 amide bonds. The van der Waals surface area contributed by atoms with Crippen molar-refractivity contribution in [2.45, 2.75) is 32.6 Å². The van der Waals surface area contributed by atoms with Gasteiger partial charge in [-0.1, -0.05) is 102 Å². The molecule has 3 aromatic rings. The number of hydrogen-bond donors (Lipinski definition) is 0. The molecule has 0 saturated heterocycles. The van der Waals surface area contributed by atoms with Crippen molar-refractivity contribution in [3.05, 3.63) is 124 Å². The Morgan fingerprint density at radius 1 is 0.852 bits per heavy atom. The van der Waals surface area contributed by atoms with Crippen molar-refractivity contribution in [3.63, 3.8) is 0 Å². The van der Waals surface area contributed by atoms with Crippen LogP contribution in [0.2, 0.25) is 0 Å². The van der Waals surface area contributed by atoms with Crippen LogP contribution in [0.15, 0.2) is 96.1 Å². The average molecular weight is 351 g/mol. The van der Waals surface area contributed by atoms with Crippen LogP contribution in [-0.2, 0) is 11.8 Å². The minimum atomic E-state index is -0.211. The van der Waals surface area contributed by atoms with E-state index in [1.807, 2.05) is 0 Å². The maximum atomic E-state index is 2.43. The summed E-state index contributed by atoms with van der Waals surface area (Å²) in [6, 6.07) is 28.9. The van der Waals surface area contributed by atoms with Gasteiger partial charge in [0.1, 0.15) is 0 Å². The topological polar surface area (TPSA) is 0 Å². The lowest BCUT2D eigenvalue weighted by molar-refractivity contribution is 0.742. The Bertz CT molecular complexity index is 965. The van der Waals surface area contributed by atoms with E-state index in [1.54, 1.807) is 0 Å². The highest BCUT2D eigenvalue weighted by Gasteiger charge is 2.42. The average Bonchev–Trinajstić information content (AvgIpc) is 3.01. The molecule has 27 heavy (non-hydrogen) atoms. The molecule has 3 aromatic carbocycles. The van der Waals surface area contributed by atoms with Crippen LogP contribution in [0.3, 0.4) is 0 Å². The fourth-order valence-electron chi connectivity index (χ4n) is 4.45. The van der Waals surface area contributed by atoms with E-state index in [2.05, 4.69) is 112 Å². The van der Waals surface area contributed by atoms with Crippen LogP contribution in [0, 0.1) is 0 Å². The van der Waals surface area contributed by atoms with Crippen molar-refractivity contribution in [2.24, 2.45) is 0 Å². The van der Waals surface area contributed by atoms with Gasteiger partial charge < -0.3 is 0 Å². The number of benzene rings is 3. The molecule has 4 rings (SSSR count). The highest BCUT2D eigenvalue weighted by molar-refractivity contribution is 5.77. The van der Waals surface area contributed by atoms with Crippen LogP contribution in [0.25, 0.3) is 6.08 Å². The minimum Gasteiger partial charge on any atom is -0.0884 e. The summed E-state index contributed by atoms with van der Waals surface area (Å²) in [6.45, 7) is 6.60. The van der Waals surface area contributed by atoms with Crippen molar-refractivity contribution in [1.29, 1.82) is 0 Å². The molecule has 0 bridgehead atoms. The lowest BCUT2D eigenvalue weighted by atomic mass is 9.67. The first-order chi connectivity index (χ1) is 13.2. The van der Waals surface area contributed by atoms with Crippen molar-refractivity contribution >= 4 is 6.08 Å². The molecule has 0 spiro atoms. The third-order valence-electron chi connectivity index (χ3n) is 5.87. The quantitative estimate of drug-likeness (QED) is 0.447. The molecule has 0 fully saturated rings. The number of allylic oxidation sites excluding steroid dienone is 3. The van der Waals surface area contributed by atoms with Crippen molar-refractivity contribution < 1.29 is 0 Å². The summed E-state index contributed by atoms with van der Waals surface area (Å²) in [5, 5.41) is 0. The van der Waals surface area contributed by atoms with Crippen LogP contribution in [0.5, 0.6) is 0 Å². The van der Waals surface area contributed by atoms with Crippen LogP contribution >= 0.6 is 0 Å². The molecule has 0 unspecified atom stereocenters. The van der Waals surface area contributed by atoms with Gasteiger partial charge in [-0.15, -0.1) is 0 Å². The van der Waals surface area contributed by atoms with Gasteiger partial charge in [0, 0.05) is 0 Å². The van der Waals surface area contributed by atoms with Gasteiger partial charge in [-0.2, -0.15) is 0 Å². The van der Waals surface area contributed by atoms with Crippen molar-refractivity contribution in [1.82, 2.24) is 0 Å². The Kier molecular flexibility index (Phi) is 4.58. The molecule has 1 aliphatic carbocycles. The summed E-state index contributed by atoms with van der Waals surface area (Å²) in [5.41, 5.74) is 9.37. The standard InChI is InChI=1S/C27H26/c1-4-20(2)17-22-15-16-23-18-21(3)27(26(23)19-22,24-11-7-5-8-12-24)25-13-9-6-10-14-25/h4-16,18-19H,17H2,1-3H3/b20-4+. The van der Waals surface area contributed by atoms with E-state index in [1.165, 1.54) is 39.0 Å². The minimum absolute atomic E-state index is 0.211. The van der Waals surface area contributed by atoms with Gasteiger partial charge >= 0.3 is 0 Å². The fraction of sp³-hybridized carbons (Fsp3) is 0.185. The Morgan fingerprint density at radius 2 is 1.44 bits per heavy atom. The second-order valence-electron chi connectivity index (χ2n) is 7.54. The van der Waals surface area contributed by atoms with Crippen LogP contribution in [0.1, 0.15) is 48.6 Å². The number of rotatable bonds is 4. The highest BCUT2D eigenvalue weighted by Crippen LogP contribution is 2.51. The van der Waals surface area contributed by atoms with E-state index in [0.717, 1.165) is 6.42 Å². The van der Waals surface area contributed by atoms with Gasteiger partial charge in [0.15, 0.2) is 0 Å². The van der Waals surface area contributed by atoms with Gasteiger partial charge in [-0.25, -0.2) is 0 Å². The maximum absolute atomic E-state index is 2.43. The lowest BCUT2D eigenvalue weighted by Gasteiger charge is -2.34. The van der Waals surface area contributed by atoms with E-state index in [9.17, 15) is 0 Å². The Balaban J connectivity index is 1.99. The zero-order chi connectivity index (χ0) is 18.9. The fourth-order valence-corrected chi connectivity index (χ4v) is 4.45. The van der Waals surface area contributed by atoms with Crippen molar-refractivity contribution in [3.8, 4) is 0 Å². The smallest absolute Gasteiger partial charge is 0.0667 e. The normalized spacial score (nSPS) is 15.4. The first-order valence-corrected chi connectivity index (χ1v) is 9.71. The second-order valence-corrected chi connectivity index (χ2v) is 7.54. The zero-order valence-electron chi connectivity index (χ0n) is 16.4. The molecule has 0 aliphatic heterocycles. The van der Waals surface area contributed by atoms with Gasteiger partial charge in [-0.05, 0) is 55.0 Å². The largest absolute Gasteiger partial charge is 0.0884 e. The molecule has 0 saturated carbocycles. The molecule has 0 atom stereocenters. The van der Waals surface area contributed by atoms with Crippen LogP contribution in [0.4, 0.5) is 0 Å². The van der Waals surface area contributed by atoms with E-state index < -0.39 is 0 Å². The number of hydrogen-bond acceptors (Lipinski definition) is 0. The Morgan fingerprint density at radius 3 is 2.00 bits per heavy atom. The molecule has 0 N–H and O–H groups in total. The summed E-state index contributed by atoms with van der Waals surface area (Å²) >= 11 is 0. The monoisotopic (exact) mass is 350 g/mol. The predicted molar refractivity (Wildman–Crippen MR) is 116 cm³/mol. The molecule has 0 heteroatoms. The summed E-state index contributed by atoms with van der Waals surface area (Å²) in [5.74, 6) is 0. The van der Waals surface area contributed by atoms with Gasteiger partial charge in [0.2, 0.25) is 0 Å². The lowest BCUT2D eigenvalue weighted by Crippen LogP contribution is -2.29. The second kappa shape index (κ2) is 7.04. The van der Waals surface area contributed by atoms with Crippen LogP contribution in [-0.4, -0.2) is 0 Å². The van der Waals surface area contributed by atoms with E-state index in [4.69, 9.17) is 0 Å². The molecule has 1 aliphatic rings. The van der Waals surface area contributed by atoms with Gasteiger partial charge in [0.05, 0.1) is 5.41 Å². The highest BCUT2D eigenvalue weighted by atomic mass is 14.4. The SMILES string of the molecule is C/C=C(\C)Cc1ccc2c(c1)C(c1ccccc1)(c1ccccc1)C(C)=C2. The van der Waals surface area contributed by atoms with Gasteiger partial charge in [-0.3, -0.25) is 0 Å². The Hall–Kier alpha value is -2.86. The summed E-state index contributed by atoms with van der Waals surface area (Å²) in [6.07, 6.45) is 5.57. The zero-order valence-corrected chi connectivity index (χ0v) is 16.4. The predicted octanol–water partition coefficient (Wildman–Crippen LogP) is 6.95. The molecule has 0 nitrogen and oxygen atoms in total. The molecular formula is C27H26. The molecular weight excluding hydrogens is 324 g/mol. The first-order valence-electron chi connectivity index (χ1n) is 9.71. The first kappa shape index (κ1) is 17.5. The van der Waals surface area contributed by atoms with Gasteiger partial charge in [0.25, 0.3) is 0 Å². The van der Waals surface area contributed by atoms with E-state index in [-0.39, 0.29) is 5.41 Å². The summed E-state index contributed by atoms with van der Waals surface area (Å²) < 4.78 is 0.